The summed E-state index contributed by atoms with van der Waals surface area (Å²) in [7, 11) is 0. The molecule has 3 N–H and O–H groups in total. The van der Waals surface area contributed by atoms with Crippen LogP contribution in [0.5, 0.6) is 0 Å². The minimum Gasteiger partial charge on any atom is -0.402 e. The maximum atomic E-state index is 5.79. The fourth-order valence-electron chi connectivity index (χ4n) is 2.21. The van der Waals surface area contributed by atoms with Crippen LogP contribution in [0, 0.1) is 0 Å². The number of hydrogen-bond acceptors (Lipinski definition) is 4. The van der Waals surface area contributed by atoms with Crippen molar-refractivity contribution in [3.05, 3.63) is 48.1 Å². The number of nitrogens with one attached hydrogen (secondary N) is 1. The molecule has 4 heteroatoms. The van der Waals surface area contributed by atoms with Gasteiger partial charge in [0, 0.05) is 43.4 Å². The summed E-state index contributed by atoms with van der Waals surface area (Å²) in [5.74, 6) is 0. The van der Waals surface area contributed by atoms with Gasteiger partial charge in [-0.1, -0.05) is 0 Å². The van der Waals surface area contributed by atoms with Gasteiger partial charge in [-0.05, 0) is 44.1 Å². The van der Waals surface area contributed by atoms with E-state index in [0.29, 0.717) is 0 Å². The zero-order valence-electron chi connectivity index (χ0n) is 11.5. The Bertz CT molecular complexity index is 450. The van der Waals surface area contributed by atoms with E-state index in [9.17, 15) is 0 Å². The van der Waals surface area contributed by atoms with Crippen molar-refractivity contribution < 1.29 is 0 Å². The molecule has 2 rings (SSSR count). The van der Waals surface area contributed by atoms with Gasteiger partial charge in [0.2, 0.25) is 0 Å². The highest BCUT2D eigenvalue weighted by atomic mass is 15.1. The fourth-order valence-corrected chi connectivity index (χ4v) is 2.21. The fraction of sp³-hybridized carbons (Fsp3) is 0.400. The van der Waals surface area contributed by atoms with E-state index < -0.39 is 0 Å². The highest BCUT2D eigenvalue weighted by Gasteiger charge is 2.10. The highest BCUT2D eigenvalue weighted by molar-refractivity contribution is 5.39. The molecule has 1 aliphatic rings. The quantitative estimate of drug-likeness (QED) is 0.822. The van der Waals surface area contributed by atoms with Crippen molar-refractivity contribution in [1.82, 2.24) is 9.88 Å². The lowest BCUT2D eigenvalue weighted by Gasteiger charge is -2.28. The number of nitrogens with two attached hydrogens (primary N) is 1. The van der Waals surface area contributed by atoms with E-state index in [-0.39, 0.29) is 0 Å². The first-order chi connectivity index (χ1) is 9.29. The van der Waals surface area contributed by atoms with Crippen molar-refractivity contribution in [3.8, 4) is 0 Å². The van der Waals surface area contributed by atoms with E-state index in [4.69, 9.17) is 5.73 Å². The molecule has 0 fully saturated rings. The molecule has 19 heavy (non-hydrogen) atoms. The predicted octanol–water partition coefficient (Wildman–Crippen LogP) is 2.34. The van der Waals surface area contributed by atoms with E-state index in [1.807, 2.05) is 24.4 Å². The van der Waals surface area contributed by atoms with Crippen LogP contribution in [0.1, 0.15) is 19.8 Å². The minimum atomic E-state index is 0.913. The molecule has 0 saturated carbocycles. The summed E-state index contributed by atoms with van der Waals surface area (Å²) in [6, 6.07) is 3.98. The zero-order valence-corrected chi connectivity index (χ0v) is 11.5. The van der Waals surface area contributed by atoms with Crippen molar-refractivity contribution in [3.63, 3.8) is 0 Å². The Morgan fingerprint density at radius 1 is 1.37 bits per heavy atom. The van der Waals surface area contributed by atoms with Gasteiger partial charge < -0.3 is 16.0 Å². The Kier molecular flexibility index (Phi) is 4.84. The van der Waals surface area contributed by atoms with Crippen molar-refractivity contribution in [2.24, 2.45) is 5.73 Å². The summed E-state index contributed by atoms with van der Waals surface area (Å²) in [5, 5.41) is 3.39. The van der Waals surface area contributed by atoms with Gasteiger partial charge in [-0.3, -0.25) is 4.98 Å². The Morgan fingerprint density at radius 2 is 2.26 bits per heavy atom. The molecule has 0 spiro atoms. The van der Waals surface area contributed by atoms with E-state index in [1.54, 1.807) is 6.20 Å². The molecule has 102 valence electrons. The molecule has 0 amide bonds. The second kappa shape index (κ2) is 6.83. The van der Waals surface area contributed by atoms with Crippen molar-refractivity contribution in [2.75, 3.05) is 25.0 Å². The predicted molar refractivity (Wildman–Crippen MR) is 79.6 cm³/mol. The number of rotatable bonds is 6. The van der Waals surface area contributed by atoms with Crippen molar-refractivity contribution >= 4 is 5.69 Å². The molecular formula is C15H22N4. The Hall–Kier alpha value is -1.97. The molecule has 0 bridgehead atoms. The van der Waals surface area contributed by atoms with Gasteiger partial charge in [-0.15, -0.1) is 0 Å². The average molecular weight is 258 g/mol. The number of likely N-dealkylation sites (N-methyl/N-ethyl adjacent to an activating group) is 1. The van der Waals surface area contributed by atoms with Crippen molar-refractivity contribution in [2.45, 2.75) is 19.8 Å². The smallest absolute Gasteiger partial charge is 0.0527 e. The van der Waals surface area contributed by atoms with E-state index in [0.717, 1.165) is 43.9 Å². The third-order valence-corrected chi connectivity index (χ3v) is 3.32. The summed E-state index contributed by atoms with van der Waals surface area (Å²) in [5.41, 5.74) is 9.22. The van der Waals surface area contributed by atoms with E-state index in [2.05, 4.69) is 28.2 Å². The zero-order chi connectivity index (χ0) is 13.5. The number of anilines is 1. The molecule has 0 aliphatic heterocycles. The third-order valence-electron chi connectivity index (χ3n) is 3.32. The van der Waals surface area contributed by atoms with Crippen LogP contribution >= 0.6 is 0 Å². The van der Waals surface area contributed by atoms with Crippen LogP contribution < -0.4 is 11.1 Å². The van der Waals surface area contributed by atoms with Gasteiger partial charge in [0.1, 0.15) is 0 Å². The van der Waals surface area contributed by atoms with Gasteiger partial charge in [0.25, 0.3) is 0 Å². The highest BCUT2D eigenvalue weighted by Crippen LogP contribution is 2.18. The van der Waals surface area contributed by atoms with E-state index >= 15 is 0 Å². The topological polar surface area (TPSA) is 54.2 Å². The van der Waals surface area contributed by atoms with Gasteiger partial charge in [-0.25, -0.2) is 0 Å². The molecule has 4 nitrogen and oxygen atoms in total. The SMILES string of the molecule is CCN(CCNc1cccnc1)C1=CC=C(N)CC1. The lowest BCUT2D eigenvalue weighted by molar-refractivity contribution is 0.360. The van der Waals surface area contributed by atoms with Crippen LogP contribution in [0.3, 0.4) is 0 Å². The molecule has 1 aromatic rings. The summed E-state index contributed by atoms with van der Waals surface area (Å²) < 4.78 is 0. The van der Waals surface area contributed by atoms with Crippen LogP contribution in [0.15, 0.2) is 48.1 Å². The van der Waals surface area contributed by atoms with Gasteiger partial charge in [0.05, 0.1) is 5.69 Å². The molecule has 1 aromatic heterocycles. The van der Waals surface area contributed by atoms with Gasteiger partial charge in [-0.2, -0.15) is 0 Å². The number of allylic oxidation sites excluding steroid dienone is 4. The van der Waals surface area contributed by atoms with Crippen LogP contribution in [-0.2, 0) is 0 Å². The standard InChI is InChI=1S/C15H22N4/c1-2-19(15-7-5-13(16)6-8-15)11-10-18-14-4-3-9-17-12-14/h3-5,7,9,12,18H,2,6,8,10-11,16H2,1H3. The number of aromatic nitrogens is 1. The lowest BCUT2D eigenvalue weighted by Crippen LogP contribution is -2.29. The monoisotopic (exact) mass is 258 g/mol. The Morgan fingerprint density at radius 3 is 2.89 bits per heavy atom. The molecule has 0 saturated heterocycles. The third kappa shape index (κ3) is 4.02. The molecular weight excluding hydrogens is 236 g/mol. The van der Waals surface area contributed by atoms with Crippen LogP contribution in [-0.4, -0.2) is 29.5 Å². The summed E-state index contributed by atoms with van der Waals surface area (Å²) in [6.07, 6.45) is 9.82. The summed E-state index contributed by atoms with van der Waals surface area (Å²) in [4.78, 5) is 6.49. The lowest BCUT2D eigenvalue weighted by atomic mass is 10.1. The normalized spacial score (nSPS) is 14.6. The number of pyridine rings is 1. The van der Waals surface area contributed by atoms with Gasteiger partial charge in [0.15, 0.2) is 0 Å². The summed E-state index contributed by atoms with van der Waals surface area (Å²) >= 11 is 0. The first-order valence-corrected chi connectivity index (χ1v) is 6.83. The molecule has 1 aliphatic carbocycles. The second-order valence-electron chi connectivity index (χ2n) is 4.65. The largest absolute Gasteiger partial charge is 0.402 e. The average Bonchev–Trinajstić information content (AvgIpc) is 2.46. The maximum Gasteiger partial charge on any atom is 0.0527 e. The van der Waals surface area contributed by atoms with E-state index in [1.165, 1.54) is 5.70 Å². The van der Waals surface area contributed by atoms with Crippen LogP contribution in [0.4, 0.5) is 5.69 Å². The Labute approximate surface area is 115 Å². The summed E-state index contributed by atoms with van der Waals surface area (Å²) in [6.45, 7) is 5.11. The second-order valence-corrected chi connectivity index (χ2v) is 4.65. The molecule has 0 radical (unpaired) electrons. The minimum absolute atomic E-state index is 0.913. The molecule has 1 heterocycles. The maximum absolute atomic E-state index is 5.79. The molecule has 0 unspecified atom stereocenters. The van der Waals surface area contributed by atoms with Crippen LogP contribution in [0.2, 0.25) is 0 Å². The van der Waals surface area contributed by atoms with Crippen LogP contribution in [0.25, 0.3) is 0 Å². The Balaban J connectivity index is 1.83. The first kappa shape index (κ1) is 13.5. The number of nitrogens with zero attached hydrogens (tertiary/aromatic N) is 2. The van der Waals surface area contributed by atoms with Crippen molar-refractivity contribution in [1.29, 1.82) is 0 Å². The first-order valence-electron chi connectivity index (χ1n) is 6.83. The number of hydrogen-bond donors (Lipinski definition) is 2. The molecule has 0 aromatic carbocycles. The van der Waals surface area contributed by atoms with Gasteiger partial charge >= 0.3 is 0 Å². The molecule has 0 atom stereocenters.